The number of anilines is 1. The minimum absolute atomic E-state index is 0.0745. The van der Waals surface area contributed by atoms with E-state index in [1.165, 1.54) is 12.1 Å². The second kappa shape index (κ2) is 3.98. The maximum Gasteiger partial charge on any atom is 0.296 e. The standard InChI is InChI=1S/C10H8N2O4/c1-2-3-11-7-4-9-10(16-6-15-9)5-8(7)12(13)14/h1,4-5,11H,3,6H2. The van der Waals surface area contributed by atoms with Crippen LogP contribution in [0.5, 0.6) is 11.5 Å². The summed E-state index contributed by atoms with van der Waals surface area (Å²) in [6.07, 6.45) is 5.08. The molecule has 0 amide bonds. The average molecular weight is 220 g/mol. The van der Waals surface area contributed by atoms with Crippen LogP contribution in [0.2, 0.25) is 0 Å². The van der Waals surface area contributed by atoms with Gasteiger partial charge in [-0.2, -0.15) is 0 Å². The molecule has 0 saturated heterocycles. The summed E-state index contributed by atoms with van der Waals surface area (Å²) in [5, 5.41) is 13.6. The number of hydrogen-bond acceptors (Lipinski definition) is 5. The van der Waals surface area contributed by atoms with Gasteiger partial charge in [0.05, 0.1) is 17.5 Å². The maximum absolute atomic E-state index is 10.8. The Bertz CT molecular complexity index is 478. The van der Waals surface area contributed by atoms with Crippen LogP contribution in [-0.4, -0.2) is 18.3 Å². The van der Waals surface area contributed by atoms with E-state index in [4.69, 9.17) is 15.9 Å². The summed E-state index contributed by atoms with van der Waals surface area (Å²) in [7, 11) is 0. The molecule has 1 N–H and O–H groups in total. The Morgan fingerprint density at radius 3 is 2.81 bits per heavy atom. The van der Waals surface area contributed by atoms with Crippen LogP contribution in [0.25, 0.3) is 0 Å². The molecule has 0 saturated carbocycles. The number of hydrogen-bond donors (Lipinski definition) is 1. The highest BCUT2D eigenvalue weighted by atomic mass is 16.7. The molecule has 1 heterocycles. The summed E-state index contributed by atoms with van der Waals surface area (Å²) >= 11 is 0. The van der Waals surface area contributed by atoms with Gasteiger partial charge in [0.15, 0.2) is 11.5 Å². The lowest BCUT2D eigenvalue weighted by Crippen LogP contribution is -2.02. The van der Waals surface area contributed by atoms with Crippen LogP contribution in [-0.2, 0) is 0 Å². The van der Waals surface area contributed by atoms with E-state index in [0.717, 1.165) is 0 Å². The van der Waals surface area contributed by atoms with Crippen molar-refractivity contribution in [2.45, 2.75) is 0 Å². The molecule has 0 spiro atoms. The number of ether oxygens (including phenoxy) is 2. The largest absolute Gasteiger partial charge is 0.454 e. The molecule has 1 aromatic rings. The fourth-order valence-electron chi connectivity index (χ4n) is 1.37. The van der Waals surface area contributed by atoms with Crippen LogP contribution >= 0.6 is 0 Å². The van der Waals surface area contributed by atoms with Gasteiger partial charge in [0, 0.05) is 6.07 Å². The molecule has 0 atom stereocenters. The Balaban J connectivity index is 2.41. The van der Waals surface area contributed by atoms with Crippen molar-refractivity contribution in [3.63, 3.8) is 0 Å². The molecule has 16 heavy (non-hydrogen) atoms. The molecule has 0 radical (unpaired) electrons. The highest BCUT2D eigenvalue weighted by molar-refractivity contribution is 5.69. The topological polar surface area (TPSA) is 73.6 Å². The third kappa shape index (κ3) is 1.70. The first-order chi connectivity index (χ1) is 7.72. The first kappa shape index (κ1) is 10.1. The third-order valence-electron chi connectivity index (χ3n) is 2.07. The predicted molar refractivity (Wildman–Crippen MR) is 56.5 cm³/mol. The number of nitrogens with zero attached hydrogens (tertiary/aromatic N) is 1. The minimum atomic E-state index is -0.499. The lowest BCUT2D eigenvalue weighted by molar-refractivity contribution is -0.384. The molecule has 0 aliphatic carbocycles. The van der Waals surface area contributed by atoms with Crippen LogP contribution in [0.3, 0.4) is 0 Å². The Morgan fingerprint density at radius 2 is 2.19 bits per heavy atom. The van der Waals surface area contributed by atoms with Gasteiger partial charge in [0.25, 0.3) is 5.69 Å². The van der Waals surface area contributed by atoms with Crippen LogP contribution in [0.15, 0.2) is 12.1 Å². The van der Waals surface area contributed by atoms with E-state index in [1.54, 1.807) is 0 Å². The van der Waals surface area contributed by atoms with Crippen LogP contribution in [0.1, 0.15) is 0 Å². The number of terminal acetylenes is 1. The fourth-order valence-corrected chi connectivity index (χ4v) is 1.37. The van der Waals surface area contributed by atoms with Crippen molar-refractivity contribution >= 4 is 11.4 Å². The van der Waals surface area contributed by atoms with Crippen molar-refractivity contribution in [1.29, 1.82) is 0 Å². The van der Waals surface area contributed by atoms with E-state index < -0.39 is 4.92 Å². The average Bonchev–Trinajstić information content (AvgIpc) is 2.71. The van der Waals surface area contributed by atoms with Gasteiger partial charge in [-0.25, -0.2) is 0 Å². The second-order valence-corrected chi connectivity index (χ2v) is 3.04. The Hall–Kier alpha value is -2.42. The number of nitrogens with one attached hydrogen (secondary N) is 1. The molecule has 82 valence electrons. The molecular weight excluding hydrogens is 212 g/mol. The van der Waals surface area contributed by atoms with E-state index in [1.807, 2.05) is 0 Å². The second-order valence-electron chi connectivity index (χ2n) is 3.04. The summed E-state index contributed by atoms with van der Waals surface area (Å²) in [5.41, 5.74) is 0.242. The lowest BCUT2D eigenvalue weighted by atomic mass is 10.2. The number of rotatable bonds is 3. The van der Waals surface area contributed by atoms with E-state index >= 15 is 0 Å². The summed E-state index contributed by atoms with van der Waals surface area (Å²) < 4.78 is 10.2. The van der Waals surface area contributed by atoms with Crippen molar-refractivity contribution < 1.29 is 14.4 Å². The van der Waals surface area contributed by atoms with Crippen molar-refractivity contribution in [2.24, 2.45) is 0 Å². The number of benzene rings is 1. The zero-order chi connectivity index (χ0) is 11.5. The molecule has 2 rings (SSSR count). The van der Waals surface area contributed by atoms with Gasteiger partial charge < -0.3 is 14.8 Å². The third-order valence-corrected chi connectivity index (χ3v) is 2.07. The van der Waals surface area contributed by atoms with Gasteiger partial charge in [-0.15, -0.1) is 6.42 Å². The normalized spacial score (nSPS) is 11.9. The summed E-state index contributed by atoms with van der Waals surface area (Å²) in [5.74, 6) is 3.19. The van der Waals surface area contributed by atoms with Crippen molar-refractivity contribution in [2.75, 3.05) is 18.7 Å². The maximum atomic E-state index is 10.8. The molecule has 0 bridgehead atoms. The molecule has 0 fully saturated rings. The fraction of sp³-hybridized carbons (Fsp3) is 0.200. The predicted octanol–water partition coefficient (Wildman–Crippen LogP) is 1.37. The summed E-state index contributed by atoms with van der Waals surface area (Å²) in [6, 6.07) is 2.83. The summed E-state index contributed by atoms with van der Waals surface area (Å²) in [4.78, 5) is 10.3. The van der Waals surface area contributed by atoms with Gasteiger partial charge in [-0.3, -0.25) is 10.1 Å². The van der Waals surface area contributed by atoms with Crippen LogP contribution < -0.4 is 14.8 Å². The Labute approximate surface area is 91.3 Å². The van der Waals surface area contributed by atoms with Gasteiger partial charge in [-0.1, -0.05) is 5.92 Å². The molecule has 6 heteroatoms. The Kier molecular flexibility index (Phi) is 2.52. The van der Waals surface area contributed by atoms with E-state index in [-0.39, 0.29) is 19.0 Å². The summed E-state index contributed by atoms with van der Waals surface area (Å²) in [6.45, 7) is 0.283. The monoisotopic (exact) mass is 220 g/mol. The number of fused-ring (bicyclic) bond motifs is 1. The Morgan fingerprint density at radius 1 is 1.50 bits per heavy atom. The number of nitro groups is 1. The zero-order valence-corrected chi connectivity index (χ0v) is 8.23. The smallest absolute Gasteiger partial charge is 0.296 e. The highest BCUT2D eigenvalue weighted by Gasteiger charge is 2.22. The minimum Gasteiger partial charge on any atom is -0.454 e. The molecule has 1 aliphatic heterocycles. The number of nitro benzene ring substituents is 1. The van der Waals surface area contributed by atoms with E-state index in [0.29, 0.717) is 17.2 Å². The van der Waals surface area contributed by atoms with Gasteiger partial charge >= 0.3 is 0 Å². The van der Waals surface area contributed by atoms with Gasteiger partial charge in [0.2, 0.25) is 6.79 Å². The quantitative estimate of drug-likeness (QED) is 0.473. The van der Waals surface area contributed by atoms with Crippen molar-refractivity contribution in [3.8, 4) is 23.8 Å². The molecule has 1 aromatic carbocycles. The lowest BCUT2D eigenvalue weighted by Gasteiger charge is -2.05. The van der Waals surface area contributed by atoms with E-state index in [2.05, 4.69) is 11.2 Å². The van der Waals surface area contributed by atoms with Crippen LogP contribution in [0.4, 0.5) is 11.4 Å². The highest BCUT2D eigenvalue weighted by Crippen LogP contribution is 2.40. The van der Waals surface area contributed by atoms with E-state index in [9.17, 15) is 10.1 Å². The molecular formula is C10H8N2O4. The first-order valence-electron chi connectivity index (χ1n) is 4.47. The van der Waals surface area contributed by atoms with Crippen LogP contribution in [0, 0.1) is 22.5 Å². The molecule has 0 unspecified atom stereocenters. The van der Waals surface area contributed by atoms with Crippen molar-refractivity contribution in [1.82, 2.24) is 0 Å². The van der Waals surface area contributed by atoms with Crippen molar-refractivity contribution in [3.05, 3.63) is 22.2 Å². The molecule has 6 nitrogen and oxygen atoms in total. The van der Waals surface area contributed by atoms with Gasteiger partial charge in [-0.05, 0) is 0 Å². The zero-order valence-electron chi connectivity index (χ0n) is 8.23. The van der Waals surface area contributed by atoms with Gasteiger partial charge in [0.1, 0.15) is 5.69 Å². The first-order valence-corrected chi connectivity index (χ1v) is 4.47. The SMILES string of the molecule is C#CCNc1cc2c(cc1[N+](=O)[O-])OCO2. The molecule has 1 aliphatic rings. The molecule has 0 aromatic heterocycles.